The molecule has 0 bridgehead atoms. The van der Waals surface area contributed by atoms with Gasteiger partial charge in [0.25, 0.3) is 0 Å². The molecule has 2 aromatic rings. The molecule has 1 saturated heterocycles. The second kappa shape index (κ2) is 10.8. The Kier molecular flexibility index (Phi) is 8.69. The van der Waals surface area contributed by atoms with E-state index in [0.29, 0.717) is 29.2 Å². The number of likely N-dealkylation sites (N-methyl/N-ethyl adjacent to an activating group) is 1. The van der Waals surface area contributed by atoms with Crippen LogP contribution >= 0.6 is 24.0 Å². The van der Waals surface area contributed by atoms with E-state index in [1.54, 1.807) is 0 Å². The van der Waals surface area contributed by atoms with Crippen molar-refractivity contribution in [1.82, 2.24) is 19.9 Å². The Hall–Kier alpha value is -1.67. The first-order chi connectivity index (χ1) is 13.0. The van der Waals surface area contributed by atoms with Gasteiger partial charge in [0.1, 0.15) is 0 Å². The minimum absolute atomic E-state index is 0. The molecule has 1 atom stereocenters. The summed E-state index contributed by atoms with van der Waals surface area (Å²) in [6, 6.07) is 7.69. The molecule has 1 aliphatic rings. The van der Waals surface area contributed by atoms with Crippen LogP contribution in [0.2, 0.25) is 5.02 Å². The van der Waals surface area contributed by atoms with Crippen molar-refractivity contribution in [3.63, 3.8) is 0 Å². The van der Waals surface area contributed by atoms with Gasteiger partial charge in [-0.2, -0.15) is 4.98 Å². The molecule has 1 aliphatic heterocycles. The lowest BCUT2D eigenvalue weighted by Gasteiger charge is -2.25. The number of aromatic nitrogens is 2. The van der Waals surface area contributed by atoms with Crippen molar-refractivity contribution in [2.75, 3.05) is 33.2 Å². The van der Waals surface area contributed by atoms with Crippen LogP contribution in [0.4, 0.5) is 0 Å². The Morgan fingerprint density at radius 2 is 2.07 bits per heavy atom. The molecule has 1 fully saturated rings. The fraction of sp³-hybridized carbons (Fsp3) is 0.526. The van der Waals surface area contributed by atoms with Gasteiger partial charge in [0, 0.05) is 29.6 Å². The molecular formula is C19H26Cl2N4O3. The van der Waals surface area contributed by atoms with Crippen LogP contribution in [0, 0.1) is 0 Å². The number of nitrogens with zero attached hydrogens (tertiary/aromatic N) is 4. The molecule has 154 valence electrons. The van der Waals surface area contributed by atoms with Crippen molar-refractivity contribution in [3.05, 3.63) is 35.2 Å². The molecule has 0 aliphatic carbocycles. The maximum atomic E-state index is 10.9. The molecule has 1 aromatic heterocycles. The van der Waals surface area contributed by atoms with E-state index in [4.69, 9.17) is 21.2 Å². The van der Waals surface area contributed by atoms with Gasteiger partial charge in [-0.3, -0.25) is 9.69 Å². The standard InChI is InChI=1S/C19H25ClN4O3.ClH/c1-23(13-18(25)26)16-3-2-10-24(11-8-16)12-9-17-21-19(22-27-17)14-4-6-15(20)7-5-14;/h4-7,16H,2-3,8-13H2,1H3,(H,25,26);1H. The van der Waals surface area contributed by atoms with Crippen LogP contribution in [0.5, 0.6) is 0 Å². The molecule has 0 amide bonds. The van der Waals surface area contributed by atoms with Crippen LogP contribution in [0.25, 0.3) is 11.4 Å². The third-order valence-corrected chi connectivity index (χ3v) is 5.26. The first kappa shape index (κ1) is 22.6. The summed E-state index contributed by atoms with van der Waals surface area (Å²) in [7, 11) is 1.89. The van der Waals surface area contributed by atoms with Crippen molar-refractivity contribution < 1.29 is 14.4 Å². The van der Waals surface area contributed by atoms with Gasteiger partial charge in [0.2, 0.25) is 11.7 Å². The molecule has 3 rings (SSSR count). The van der Waals surface area contributed by atoms with E-state index in [9.17, 15) is 4.79 Å². The summed E-state index contributed by atoms with van der Waals surface area (Å²) in [6.45, 7) is 2.92. The van der Waals surface area contributed by atoms with E-state index in [1.807, 2.05) is 36.2 Å². The topological polar surface area (TPSA) is 82.7 Å². The van der Waals surface area contributed by atoms with Crippen LogP contribution in [0.15, 0.2) is 28.8 Å². The molecule has 28 heavy (non-hydrogen) atoms. The predicted molar refractivity (Wildman–Crippen MR) is 110 cm³/mol. The summed E-state index contributed by atoms with van der Waals surface area (Å²) >= 11 is 5.91. The molecule has 9 heteroatoms. The van der Waals surface area contributed by atoms with Crippen molar-refractivity contribution in [1.29, 1.82) is 0 Å². The zero-order chi connectivity index (χ0) is 19.2. The highest BCUT2D eigenvalue weighted by Gasteiger charge is 2.22. The Labute approximate surface area is 176 Å². The van der Waals surface area contributed by atoms with E-state index in [0.717, 1.165) is 44.5 Å². The molecule has 1 aromatic carbocycles. The van der Waals surface area contributed by atoms with Crippen LogP contribution in [0.1, 0.15) is 25.2 Å². The Bertz CT molecular complexity index is 754. The molecule has 1 unspecified atom stereocenters. The minimum atomic E-state index is -0.772. The smallest absolute Gasteiger partial charge is 0.317 e. The van der Waals surface area contributed by atoms with Crippen LogP contribution < -0.4 is 0 Å². The molecule has 7 nitrogen and oxygen atoms in total. The fourth-order valence-electron chi connectivity index (χ4n) is 3.47. The number of halogens is 2. The highest BCUT2D eigenvalue weighted by molar-refractivity contribution is 6.30. The fourth-order valence-corrected chi connectivity index (χ4v) is 3.60. The average Bonchev–Trinajstić information content (AvgIpc) is 2.97. The van der Waals surface area contributed by atoms with Crippen molar-refractivity contribution in [2.24, 2.45) is 0 Å². The summed E-state index contributed by atoms with van der Waals surface area (Å²) in [5, 5.41) is 13.7. The zero-order valence-corrected chi connectivity index (χ0v) is 17.5. The quantitative estimate of drug-likeness (QED) is 0.724. The number of hydrogen-bond donors (Lipinski definition) is 1. The monoisotopic (exact) mass is 428 g/mol. The Morgan fingerprint density at radius 3 is 2.79 bits per heavy atom. The second-order valence-electron chi connectivity index (χ2n) is 7.00. The van der Waals surface area contributed by atoms with E-state index < -0.39 is 5.97 Å². The van der Waals surface area contributed by atoms with E-state index >= 15 is 0 Å². The number of hydrogen-bond acceptors (Lipinski definition) is 6. The summed E-state index contributed by atoms with van der Waals surface area (Å²) in [6.07, 6.45) is 3.77. The SMILES string of the molecule is CN(CC(=O)O)C1CCCN(CCc2nc(-c3ccc(Cl)cc3)no2)CC1.Cl. The normalized spacial score (nSPS) is 17.9. The summed E-state index contributed by atoms with van der Waals surface area (Å²) < 4.78 is 5.38. The van der Waals surface area contributed by atoms with Crippen molar-refractivity contribution in [3.8, 4) is 11.4 Å². The average molecular weight is 429 g/mol. The van der Waals surface area contributed by atoms with Crippen LogP contribution in [-0.2, 0) is 11.2 Å². The molecular weight excluding hydrogens is 403 g/mol. The highest BCUT2D eigenvalue weighted by atomic mass is 35.5. The number of rotatable bonds is 7. The summed E-state index contributed by atoms with van der Waals surface area (Å²) in [4.78, 5) is 19.7. The lowest BCUT2D eigenvalue weighted by Crippen LogP contribution is -2.36. The lowest BCUT2D eigenvalue weighted by atomic mass is 10.1. The van der Waals surface area contributed by atoms with Gasteiger partial charge in [-0.25, -0.2) is 0 Å². The van der Waals surface area contributed by atoms with E-state index in [-0.39, 0.29) is 19.0 Å². The number of carboxylic acid groups (broad SMARTS) is 1. The molecule has 0 radical (unpaired) electrons. The number of aliphatic carboxylic acids is 1. The third-order valence-electron chi connectivity index (χ3n) is 5.01. The third kappa shape index (κ3) is 6.44. The number of benzene rings is 1. The van der Waals surface area contributed by atoms with Gasteiger partial charge in [0.05, 0.1) is 6.54 Å². The highest BCUT2D eigenvalue weighted by Crippen LogP contribution is 2.19. The molecule has 0 saturated carbocycles. The summed E-state index contributed by atoms with van der Waals surface area (Å²) in [5.41, 5.74) is 0.883. The minimum Gasteiger partial charge on any atom is -0.480 e. The first-order valence-corrected chi connectivity index (χ1v) is 9.62. The maximum Gasteiger partial charge on any atom is 0.317 e. The largest absolute Gasteiger partial charge is 0.480 e. The van der Waals surface area contributed by atoms with Crippen molar-refractivity contribution >= 4 is 30.0 Å². The lowest BCUT2D eigenvalue weighted by molar-refractivity contribution is -0.138. The number of carbonyl (C=O) groups is 1. The van der Waals surface area contributed by atoms with Gasteiger partial charge in [0.15, 0.2) is 0 Å². The van der Waals surface area contributed by atoms with Crippen LogP contribution in [0.3, 0.4) is 0 Å². The molecule has 0 spiro atoms. The molecule has 1 N–H and O–H groups in total. The number of likely N-dealkylation sites (tertiary alicyclic amines) is 1. The van der Waals surface area contributed by atoms with Crippen molar-refractivity contribution in [2.45, 2.75) is 31.7 Å². The zero-order valence-electron chi connectivity index (χ0n) is 15.9. The van der Waals surface area contributed by atoms with E-state index in [2.05, 4.69) is 15.0 Å². The number of carboxylic acids is 1. The van der Waals surface area contributed by atoms with E-state index in [1.165, 1.54) is 0 Å². The Morgan fingerprint density at radius 1 is 1.32 bits per heavy atom. The van der Waals surface area contributed by atoms with Gasteiger partial charge >= 0.3 is 5.97 Å². The van der Waals surface area contributed by atoms with Gasteiger partial charge in [-0.15, -0.1) is 12.4 Å². The van der Waals surface area contributed by atoms with Gasteiger partial charge < -0.3 is 14.5 Å². The first-order valence-electron chi connectivity index (χ1n) is 9.24. The van der Waals surface area contributed by atoms with Gasteiger partial charge in [-0.05, 0) is 63.7 Å². The maximum absolute atomic E-state index is 10.9. The second-order valence-corrected chi connectivity index (χ2v) is 7.44. The van der Waals surface area contributed by atoms with Crippen LogP contribution in [-0.4, -0.2) is 70.3 Å². The summed E-state index contributed by atoms with van der Waals surface area (Å²) in [5.74, 6) is 0.433. The van der Waals surface area contributed by atoms with Gasteiger partial charge in [-0.1, -0.05) is 16.8 Å². The predicted octanol–water partition coefficient (Wildman–Crippen LogP) is 3.23. The molecule has 2 heterocycles. The Balaban J connectivity index is 0.00000280.